The van der Waals surface area contributed by atoms with E-state index in [-0.39, 0.29) is 12.5 Å². The minimum Gasteiger partial charge on any atom is -0.395 e. The summed E-state index contributed by atoms with van der Waals surface area (Å²) in [5, 5.41) is 14.4. The van der Waals surface area contributed by atoms with E-state index in [9.17, 15) is 9.90 Å². The average Bonchev–Trinajstić information content (AvgIpc) is 2.56. The summed E-state index contributed by atoms with van der Waals surface area (Å²) in [6.07, 6.45) is 3.50. The van der Waals surface area contributed by atoms with Gasteiger partial charge in [0.15, 0.2) is 0 Å². The zero-order chi connectivity index (χ0) is 15.4. The lowest BCUT2D eigenvalue weighted by molar-refractivity contribution is -0.118. The molecule has 2 N–H and O–H groups in total. The van der Waals surface area contributed by atoms with Crippen molar-refractivity contribution in [2.45, 2.75) is 5.92 Å². The molecule has 0 aliphatic carbocycles. The molecule has 2 aromatic carbocycles. The molecule has 0 fully saturated rings. The van der Waals surface area contributed by atoms with E-state index in [0.29, 0.717) is 5.69 Å². The first-order chi connectivity index (χ1) is 10.8. The maximum absolute atomic E-state index is 12.4. The van der Waals surface area contributed by atoms with Crippen LogP contribution in [0.2, 0.25) is 0 Å². The molecule has 22 heavy (non-hydrogen) atoms. The monoisotopic (exact) mass is 292 g/mol. The van der Waals surface area contributed by atoms with E-state index in [4.69, 9.17) is 0 Å². The topological polar surface area (TPSA) is 62.2 Å². The van der Waals surface area contributed by atoms with Gasteiger partial charge in [-0.2, -0.15) is 0 Å². The number of carbonyl (C=O) groups is 1. The number of carbonyl (C=O) groups excluding carboxylic acids is 1. The predicted octanol–water partition coefficient (Wildman–Crippen LogP) is 2.95. The number of fused-ring (bicyclic) bond motifs is 1. The van der Waals surface area contributed by atoms with Crippen LogP contribution in [0.3, 0.4) is 0 Å². The van der Waals surface area contributed by atoms with Crippen LogP contribution in [0.25, 0.3) is 10.8 Å². The number of anilines is 1. The van der Waals surface area contributed by atoms with Crippen LogP contribution in [0, 0.1) is 0 Å². The number of hydrogen-bond donors (Lipinski definition) is 2. The summed E-state index contributed by atoms with van der Waals surface area (Å²) in [6.45, 7) is -0.229. The highest BCUT2D eigenvalue weighted by molar-refractivity contribution is 5.98. The molecule has 0 aliphatic rings. The Morgan fingerprint density at radius 1 is 1.09 bits per heavy atom. The number of aromatic nitrogens is 1. The third-order valence-electron chi connectivity index (χ3n) is 3.61. The van der Waals surface area contributed by atoms with E-state index in [0.717, 1.165) is 16.3 Å². The van der Waals surface area contributed by atoms with Crippen LogP contribution in [-0.4, -0.2) is 22.6 Å². The van der Waals surface area contributed by atoms with Crippen LogP contribution in [-0.2, 0) is 4.79 Å². The molecule has 0 bridgehead atoms. The second kappa shape index (κ2) is 6.37. The molecule has 0 saturated heterocycles. The van der Waals surface area contributed by atoms with Crippen LogP contribution in [0.5, 0.6) is 0 Å². The maximum atomic E-state index is 12.4. The highest BCUT2D eigenvalue weighted by Gasteiger charge is 2.19. The van der Waals surface area contributed by atoms with E-state index >= 15 is 0 Å². The van der Waals surface area contributed by atoms with Crippen LogP contribution in [0.15, 0.2) is 67.0 Å². The van der Waals surface area contributed by atoms with Gasteiger partial charge < -0.3 is 10.4 Å². The van der Waals surface area contributed by atoms with Crippen molar-refractivity contribution in [3.8, 4) is 0 Å². The number of pyridine rings is 1. The number of benzene rings is 2. The molecule has 3 aromatic rings. The van der Waals surface area contributed by atoms with Gasteiger partial charge in [0.25, 0.3) is 0 Å². The molecule has 4 nitrogen and oxygen atoms in total. The molecule has 1 aromatic heterocycles. The minimum atomic E-state index is -0.575. The Kier molecular flexibility index (Phi) is 4.12. The third kappa shape index (κ3) is 2.97. The number of amides is 1. The van der Waals surface area contributed by atoms with Crippen molar-refractivity contribution in [1.29, 1.82) is 0 Å². The number of rotatable bonds is 4. The van der Waals surface area contributed by atoms with E-state index in [1.54, 1.807) is 12.4 Å². The molecule has 0 aliphatic heterocycles. The molecular weight excluding hydrogens is 276 g/mol. The molecule has 4 heteroatoms. The number of hydrogen-bond acceptors (Lipinski definition) is 3. The van der Waals surface area contributed by atoms with Crippen molar-refractivity contribution in [2.75, 3.05) is 11.9 Å². The highest BCUT2D eigenvalue weighted by atomic mass is 16.3. The minimum absolute atomic E-state index is 0.220. The Morgan fingerprint density at radius 3 is 2.68 bits per heavy atom. The zero-order valence-corrected chi connectivity index (χ0v) is 11.9. The van der Waals surface area contributed by atoms with Gasteiger partial charge >= 0.3 is 0 Å². The Balaban J connectivity index is 1.82. The Morgan fingerprint density at radius 2 is 1.91 bits per heavy atom. The molecular formula is C18H16N2O2. The fourth-order valence-corrected chi connectivity index (χ4v) is 2.42. The van der Waals surface area contributed by atoms with Gasteiger partial charge in [0.1, 0.15) is 0 Å². The van der Waals surface area contributed by atoms with Gasteiger partial charge in [-0.3, -0.25) is 9.78 Å². The van der Waals surface area contributed by atoms with Gasteiger partial charge in [0.2, 0.25) is 5.91 Å². The van der Waals surface area contributed by atoms with Crippen molar-refractivity contribution in [3.05, 3.63) is 72.6 Å². The van der Waals surface area contributed by atoms with E-state index in [2.05, 4.69) is 10.3 Å². The van der Waals surface area contributed by atoms with E-state index < -0.39 is 5.92 Å². The first-order valence-electron chi connectivity index (χ1n) is 7.08. The van der Waals surface area contributed by atoms with Crippen molar-refractivity contribution >= 4 is 22.4 Å². The van der Waals surface area contributed by atoms with Gasteiger partial charge in [0, 0.05) is 23.5 Å². The molecule has 0 saturated carbocycles. The summed E-state index contributed by atoms with van der Waals surface area (Å²) in [5.41, 5.74) is 1.51. The molecule has 0 radical (unpaired) electrons. The van der Waals surface area contributed by atoms with Crippen LogP contribution in [0.4, 0.5) is 5.69 Å². The lowest BCUT2D eigenvalue weighted by atomic mass is 9.99. The molecule has 0 spiro atoms. The lowest BCUT2D eigenvalue weighted by Gasteiger charge is -2.15. The van der Waals surface area contributed by atoms with Crippen LogP contribution < -0.4 is 5.32 Å². The Hall–Kier alpha value is -2.72. The smallest absolute Gasteiger partial charge is 0.234 e. The summed E-state index contributed by atoms with van der Waals surface area (Å²) >= 11 is 0. The van der Waals surface area contributed by atoms with Gasteiger partial charge in [-0.05, 0) is 29.1 Å². The largest absolute Gasteiger partial charge is 0.395 e. The Bertz CT molecular complexity index is 787. The summed E-state index contributed by atoms with van der Waals surface area (Å²) in [5.74, 6) is -0.795. The first-order valence-corrected chi connectivity index (χ1v) is 7.08. The van der Waals surface area contributed by atoms with Gasteiger partial charge in [0.05, 0.1) is 12.5 Å². The molecule has 1 amide bonds. The quantitative estimate of drug-likeness (QED) is 0.777. The SMILES string of the molecule is O=C(Nc1ccc2cnccc2c1)C(CO)c1ccccc1. The lowest BCUT2D eigenvalue weighted by Crippen LogP contribution is -2.23. The summed E-state index contributed by atoms with van der Waals surface area (Å²) in [6, 6.07) is 16.8. The predicted molar refractivity (Wildman–Crippen MR) is 86.6 cm³/mol. The average molecular weight is 292 g/mol. The second-order valence-electron chi connectivity index (χ2n) is 5.07. The molecule has 1 unspecified atom stereocenters. The molecule has 1 heterocycles. The summed E-state index contributed by atoms with van der Waals surface area (Å²) < 4.78 is 0. The van der Waals surface area contributed by atoms with Crippen molar-refractivity contribution in [2.24, 2.45) is 0 Å². The second-order valence-corrected chi connectivity index (χ2v) is 5.07. The zero-order valence-electron chi connectivity index (χ0n) is 11.9. The van der Waals surface area contributed by atoms with E-state index in [1.165, 1.54) is 0 Å². The fourth-order valence-electron chi connectivity index (χ4n) is 2.42. The van der Waals surface area contributed by atoms with Crippen molar-refractivity contribution < 1.29 is 9.90 Å². The van der Waals surface area contributed by atoms with Crippen LogP contribution >= 0.6 is 0 Å². The summed E-state index contributed by atoms with van der Waals surface area (Å²) in [4.78, 5) is 16.5. The van der Waals surface area contributed by atoms with Gasteiger partial charge in [-0.25, -0.2) is 0 Å². The highest BCUT2D eigenvalue weighted by Crippen LogP contribution is 2.21. The first kappa shape index (κ1) is 14.2. The maximum Gasteiger partial charge on any atom is 0.234 e. The van der Waals surface area contributed by atoms with Crippen molar-refractivity contribution in [3.63, 3.8) is 0 Å². The van der Waals surface area contributed by atoms with Crippen molar-refractivity contribution in [1.82, 2.24) is 4.98 Å². The number of nitrogens with one attached hydrogen (secondary N) is 1. The number of nitrogens with zero attached hydrogens (tertiary/aromatic N) is 1. The standard InChI is InChI=1S/C18H16N2O2/c21-12-17(13-4-2-1-3-5-13)18(22)20-16-7-6-15-11-19-9-8-14(15)10-16/h1-11,17,21H,12H2,(H,20,22). The van der Waals surface area contributed by atoms with E-state index in [1.807, 2.05) is 54.6 Å². The summed E-state index contributed by atoms with van der Waals surface area (Å²) in [7, 11) is 0. The third-order valence-corrected chi connectivity index (χ3v) is 3.61. The molecule has 1 atom stereocenters. The van der Waals surface area contributed by atoms with Gasteiger partial charge in [-0.15, -0.1) is 0 Å². The molecule has 3 rings (SSSR count). The number of aliphatic hydroxyl groups excluding tert-OH is 1. The normalized spacial score (nSPS) is 12.0. The van der Waals surface area contributed by atoms with Crippen LogP contribution in [0.1, 0.15) is 11.5 Å². The molecule has 110 valence electrons. The Labute approximate surface area is 128 Å². The number of aliphatic hydroxyl groups is 1. The van der Waals surface area contributed by atoms with Gasteiger partial charge in [-0.1, -0.05) is 36.4 Å². The fraction of sp³-hybridized carbons (Fsp3) is 0.111.